The standard InChI is InChI=1S/C7H6ClF.Mg.2H/c1-5-6(8)3-2-4-7(5)9;;;/h2-4H,1H3;;;/q;+2;2*-1. The van der Waals surface area contributed by atoms with Gasteiger partial charge in [0.2, 0.25) is 0 Å². The van der Waals surface area contributed by atoms with Crippen molar-refractivity contribution in [3.63, 3.8) is 0 Å². The van der Waals surface area contributed by atoms with E-state index < -0.39 is 0 Å². The Morgan fingerprint density at radius 1 is 1.50 bits per heavy atom. The van der Waals surface area contributed by atoms with Crippen molar-refractivity contribution < 1.29 is 7.24 Å². The summed E-state index contributed by atoms with van der Waals surface area (Å²) >= 11 is 5.57. The van der Waals surface area contributed by atoms with Gasteiger partial charge in [-0.15, -0.1) is 0 Å². The fraction of sp³-hybridized carbons (Fsp3) is 0.143. The van der Waals surface area contributed by atoms with Gasteiger partial charge in [0.15, 0.2) is 0 Å². The number of rotatable bonds is 0. The van der Waals surface area contributed by atoms with Crippen LogP contribution in [0.5, 0.6) is 0 Å². The Kier molecular flexibility index (Phi) is 4.25. The predicted molar refractivity (Wildman–Crippen MR) is 44.1 cm³/mol. The van der Waals surface area contributed by atoms with Gasteiger partial charge in [-0.2, -0.15) is 0 Å². The molecule has 0 saturated heterocycles. The van der Waals surface area contributed by atoms with Crippen LogP contribution in [0.15, 0.2) is 18.2 Å². The predicted octanol–water partition coefficient (Wildman–Crippen LogP) is 2.63. The zero-order valence-electron chi connectivity index (χ0n) is 7.70. The Morgan fingerprint density at radius 2 is 2.10 bits per heavy atom. The van der Waals surface area contributed by atoms with Gasteiger partial charge in [0, 0.05) is 10.6 Å². The fourth-order valence-electron chi connectivity index (χ4n) is 0.581. The summed E-state index contributed by atoms with van der Waals surface area (Å²) in [7, 11) is 0. The van der Waals surface area contributed by atoms with Crippen LogP contribution in [0.3, 0.4) is 0 Å². The van der Waals surface area contributed by atoms with E-state index in [1.165, 1.54) is 6.07 Å². The molecule has 10 heavy (non-hydrogen) atoms. The van der Waals surface area contributed by atoms with Crippen molar-refractivity contribution >= 4 is 34.7 Å². The summed E-state index contributed by atoms with van der Waals surface area (Å²) in [6.07, 6.45) is 0. The van der Waals surface area contributed by atoms with Crippen LogP contribution in [0, 0.1) is 12.7 Å². The normalized spacial score (nSPS) is 8.70. The van der Waals surface area contributed by atoms with Crippen LogP contribution in [-0.2, 0) is 0 Å². The van der Waals surface area contributed by atoms with Crippen LogP contribution in [-0.4, -0.2) is 23.1 Å². The molecular formula is C7H8ClFMg. The van der Waals surface area contributed by atoms with Crippen molar-refractivity contribution in [2.75, 3.05) is 0 Å². The summed E-state index contributed by atoms with van der Waals surface area (Å²) < 4.78 is 12.5. The second-order valence-corrected chi connectivity index (χ2v) is 2.25. The van der Waals surface area contributed by atoms with Crippen molar-refractivity contribution in [2.24, 2.45) is 0 Å². The van der Waals surface area contributed by atoms with E-state index in [0.29, 0.717) is 10.6 Å². The van der Waals surface area contributed by atoms with Crippen molar-refractivity contribution in [1.82, 2.24) is 0 Å². The second-order valence-electron chi connectivity index (χ2n) is 1.85. The third-order valence-electron chi connectivity index (χ3n) is 1.20. The van der Waals surface area contributed by atoms with Gasteiger partial charge in [0.1, 0.15) is 5.82 Å². The van der Waals surface area contributed by atoms with Crippen molar-refractivity contribution in [3.05, 3.63) is 34.6 Å². The Hall–Kier alpha value is 0.206. The van der Waals surface area contributed by atoms with E-state index in [9.17, 15) is 4.39 Å². The smallest absolute Gasteiger partial charge is 1.00 e. The molecule has 0 heterocycles. The molecule has 0 aromatic heterocycles. The van der Waals surface area contributed by atoms with Crippen molar-refractivity contribution in [1.29, 1.82) is 0 Å². The first-order valence-corrected chi connectivity index (χ1v) is 3.00. The summed E-state index contributed by atoms with van der Waals surface area (Å²) in [5, 5.41) is 0.481. The molecule has 0 amide bonds. The zero-order chi connectivity index (χ0) is 6.85. The molecule has 0 radical (unpaired) electrons. The van der Waals surface area contributed by atoms with Gasteiger partial charge in [-0.3, -0.25) is 0 Å². The minimum absolute atomic E-state index is 0. The Balaban J connectivity index is -0.000000270. The van der Waals surface area contributed by atoms with Gasteiger partial charge in [-0.25, -0.2) is 4.39 Å². The van der Waals surface area contributed by atoms with Crippen LogP contribution in [0.1, 0.15) is 8.42 Å². The van der Waals surface area contributed by atoms with Gasteiger partial charge in [-0.05, 0) is 19.1 Å². The van der Waals surface area contributed by atoms with E-state index in [4.69, 9.17) is 11.6 Å². The molecule has 0 aliphatic heterocycles. The van der Waals surface area contributed by atoms with Crippen LogP contribution in [0.25, 0.3) is 0 Å². The first-order valence-electron chi connectivity index (χ1n) is 2.62. The molecule has 0 N–H and O–H groups in total. The van der Waals surface area contributed by atoms with Crippen LogP contribution < -0.4 is 0 Å². The maximum absolute atomic E-state index is 12.5. The Bertz CT molecular complexity index is 212. The summed E-state index contributed by atoms with van der Waals surface area (Å²) in [5.41, 5.74) is 0.513. The van der Waals surface area contributed by atoms with Crippen LogP contribution in [0.2, 0.25) is 5.02 Å². The number of hydrogen-bond donors (Lipinski definition) is 0. The summed E-state index contributed by atoms with van der Waals surface area (Å²) in [6, 6.07) is 4.64. The molecule has 0 atom stereocenters. The quantitative estimate of drug-likeness (QED) is 0.526. The van der Waals surface area contributed by atoms with Gasteiger partial charge < -0.3 is 2.85 Å². The summed E-state index contributed by atoms with van der Waals surface area (Å²) in [4.78, 5) is 0. The first-order chi connectivity index (χ1) is 4.22. The van der Waals surface area contributed by atoms with Crippen LogP contribution >= 0.6 is 11.6 Å². The molecule has 3 heteroatoms. The molecule has 0 fully saturated rings. The largest absolute Gasteiger partial charge is 2.00 e. The Labute approximate surface area is 83.5 Å². The average Bonchev–Trinajstić information content (AvgIpc) is 1.83. The molecule has 0 spiro atoms. The molecule has 0 aliphatic rings. The maximum atomic E-state index is 12.5. The minimum atomic E-state index is -0.248. The fourth-order valence-corrected chi connectivity index (χ4v) is 0.744. The monoisotopic (exact) mass is 170 g/mol. The van der Waals surface area contributed by atoms with E-state index >= 15 is 0 Å². The van der Waals surface area contributed by atoms with Gasteiger partial charge >= 0.3 is 23.1 Å². The summed E-state index contributed by atoms with van der Waals surface area (Å²) in [5.74, 6) is -0.248. The topological polar surface area (TPSA) is 0 Å². The molecular weight excluding hydrogens is 163 g/mol. The maximum Gasteiger partial charge on any atom is 2.00 e. The van der Waals surface area contributed by atoms with E-state index in [2.05, 4.69) is 0 Å². The number of benzene rings is 1. The van der Waals surface area contributed by atoms with Crippen molar-refractivity contribution in [2.45, 2.75) is 6.92 Å². The molecule has 0 unspecified atom stereocenters. The van der Waals surface area contributed by atoms with E-state index in [0.717, 1.165) is 0 Å². The third-order valence-corrected chi connectivity index (χ3v) is 1.61. The SMILES string of the molecule is Cc1c(F)cccc1Cl.[H-].[H-].[Mg+2]. The summed E-state index contributed by atoms with van der Waals surface area (Å²) in [6.45, 7) is 1.65. The zero-order valence-corrected chi connectivity index (χ0v) is 7.87. The molecule has 1 aromatic carbocycles. The van der Waals surface area contributed by atoms with E-state index in [1.807, 2.05) is 0 Å². The van der Waals surface area contributed by atoms with Crippen molar-refractivity contribution in [3.8, 4) is 0 Å². The molecule has 0 aliphatic carbocycles. The third kappa shape index (κ3) is 2.11. The molecule has 52 valence electrons. The van der Waals surface area contributed by atoms with E-state index in [1.54, 1.807) is 19.1 Å². The molecule has 0 bridgehead atoms. The average molecular weight is 171 g/mol. The first kappa shape index (κ1) is 10.2. The molecule has 0 saturated carbocycles. The number of hydrogen-bond acceptors (Lipinski definition) is 0. The Morgan fingerprint density at radius 3 is 2.50 bits per heavy atom. The van der Waals surface area contributed by atoms with Gasteiger partial charge in [0.25, 0.3) is 0 Å². The molecule has 1 aromatic rings. The molecule has 0 nitrogen and oxygen atoms in total. The van der Waals surface area contributed by atoms with Gasteiger partial charge in [0.05, 0.1) is 0 Å². The minimum Gasteiger partial charge on any atom is -1.00 e. The van der Waals surface area contributed by atoms with Gasteiger partial charge in [-0.1, -0.05) is 17.7 Å². The number of halogens is 2. The second kappa shape index (κ2) is 4.16. The van der Waals surface area contributed by atoms with Crippen LogP contribution in [0.4, 0.5) is 4.39 Å². The molecule has 1 rings (SSSR count). The van der Waals surface area contributed by atoms with E-state index in [-0.39, 0.29) is 31.7 Å².